The largest absolute Gasteiger partial charge is 0.444 e. The number of benzene rings is 1. The van der Waals surface area contributed by atoms with Crippen molar-refractivity contribution in [1.82, 2.24) is 0 Å². The summed E-state index contributed by atoms with van der Waals surface area (Å²) < 4.78 is 5.56. The summed E-state index contributed by atoms with van der Waals surface area (Å²) in [6, 6.07) is 1.41. The summed E-state index contributed by atoms with van der Waals surface area (Å²) in [6.07, 6.45) is -0.581. The lowest BCUT2D eigenvalue weighted by Crippen LogP contribution is -2.33. The topological polar surface area (TPSA) is 72.7 Å². The SMILES string of the molecule is Cc1c(Br)cc([N+](=O)[O-])c2c1COC(=O)N2C. The zero-order valence-electron chi connectivity index (χ0n) is 9.19. The highest BCUT2D eigenvalue weighted by Gasteiger charge is 2.32. The number of fused-ring (bicyclic) bond motifs is 1. The van der Waals surface area contributed by atoms with E-state index in [4.69, 9.17) is 4.74 Å². The van der Waals surface area contributed by atoms with Crippen molar-refractivity contribution in [1.29, 1.82) is 0 Å². The number of ether oxygens (including phenoxy) is 1. The van der Waals surface area contributed by atoms with Gasteiger partial charge >= 0.3 is 6.09 Å². The first kappa shape index (κ1) is 11.8. The Labute approximate surface area is 105 Å². The number of carbonyl (C=O) groups is 1. The van der Waals surface area contributed by atoms with Crippen molar-refractivity contribution in [3.05, 3.63) is 31.8 Å². The Morgan fingerprint density at radius 3 is 2.82 bits per heavy atom. The number of nitro benzene ring substituents is 1. The summed E-state index contributed by atoms with van der Waals surface area (Å²) in [5.74, 6) is 0. The zero-order chi connectivity index (χ0) is 12.7. The Balaban J connectivity index is 2.76. The van der Waals surface area contributed by atoms with Crippen LogP contribution in [0, 0.1) is 17.0 Å². The number of cyclic esters (lactones) is 1. The van der Waals surface area contributed by atoms with Gasteiger partial charge in [0.05, 0.1) is 4.92 Å². The monoisotopic (exact) mass is 300 g/mol. The van der Waals surface area contributed by atoms with Crippen molar-refractivity contribution in [3.8, 4) is 0 Å². The second-order valence-electron chi connectivity index (χ2n) is 3.70. The molecule has 0 saturated heterocycles. The molecule has 2 rings (SSSR count). The Hall–Kier alpha value is -1.63. The molecule has 0 fully saturated rings. The summed E-state index contributed by atoms with van der Waals surface area (Å²) in [6.45, 7) is 1.88. The zero-order valence-corrected chi connectivity index (χ0v) is 10.8. The van der Waals surface area contributed by atoms with E-state index in [9.17, 15) is 14.9 Å². The minimum absolute atomic E-state index is 0.0601. The van der Waals surface area contributed by atoms with Crippen LogP contribution in [-0.4, -0.2) is 18.1 Å². The maximum absolute atomic E-state index is 11.4. The van der Waals surface area contributed by atoms with Gasteiger partial charge in [0.25, 0.3) is 5.69 Å². The Morgan fingerprint density at radius 1 is 1.59 bits per heavy atom. The molecule has 1 amide bonds. The fraction of sp³-hybridized carbons (Fsp3) is 0.300. The number of nitro groups is 1. The number of anilines is 1. The third-order valence-electron chi connectivity index (χ3n) is 2.75. The van der Waals surface area contributed by atoms with E-state index < -0.39 is 11.0 Å². The number of halogens is 1. The molecule has 17 heavy (non-hydrogen) atoms. The minimum Gasteiger partial charge on any atom is -0.444 e. The summed E-state index contributed by atoms with van der Waals surface area (Å²) in [5.41, 5.74) is 1.71. The first-order chi connectivity index (χ1) is 7.93. The van der Waals surface area contributed by atoms with Crippen molar-refractivity contribution in [2.45, 2.75) is 13.5 Å². The molecule has 0 aliphatic carbocycles. The van der Waals surface area contributed by atoms with E-state index in [0.29, 0.717) is 15.7 Å². The molecule has 1 aromatic carbocycles. The first-order valence-electron chi connectivity index (χ1n) is 4.80. The quantitative estimate of drug-likeness (QED) is 0.590. The summed E-state index contributed by atoms with van der Waals surface area (Å²) in [7, 11) is 1.46. The van der Waals surface area contributed by atoms with Crippen LogP contribution in [0.25, 0.3) is 0 Å². The predicted octanol–water partition coefficient (Wildman–Crippen LogP) is 2.75. The number of nitrogens with zero attached hydrogens (tertiary/aromatic N) is 2. The normalized spacial score (nSPS) is 14.3. The molecule has 90 valence electrons. The molecule has 1 heterocycles. The molecule has 0 saturated carbocycles. The molecule has 0 N–H and O–H groups in total. The molecule has 0 atom stereocenters. The van der Waals surface area contributed by atoms with Crippen LogP contribution in [0.5, 0.6) is 0 Å². The molecular formula is C10H9BrN2O4. The van der Waals surface area contributed by atoms with Gasteiger partial charge in [0.15, 0.2) is 0 Å². The van der Waals surface area contributed by atoms with Crippen molar-refractivity contribution in [2.75, 3.05) is 11.9 Å². The fourth-order valence-corrected chi connectivity index (χ4v) is 2.24. The van der Waals surface area contributed by atoms with Gasteiger partial charge in [0, 0.05) is 23.2 Å². The maximum atomic E-state index is 11.4. The average molecular weight is 301 g/mol. The molecule has 0 unspecified atom stereocenters. The standard InChI is InChI=1S/C10H9BrN2O4/c1-5-6-4-17-10(14)12(2)9(6)8(13(15)16)3-7(5)11/h3H,4H2,1-2H3. The van der Waals surface area contributed by atoms with Crippen LogP contribution >= 0.6 is 15.9 Å². The first-order valence-corrected chi connectivity index (χ1v) is 5.59. The highest BCUT2D eigenvalue weighted by molar-refractivity contribution is 9.10. The summed E-state index contributed by atoms with van der Waals surface area (Å²) in [5, 5.41) is 11.0. The number of hydrogen-bond donors (Lipinski definition) is 0. The summed E-state index contributed by atoms with van der Waals surface area (Å²) >= 11 is 3.27. The van der Waals surface area contributed by atoms with Gasteiger partial charge in [-0.05, 0) is 12.5 Å². The van der Waals surface area contributed by atoms with Crippen LogP contribution in [0.1, 0.15) is 11.1 Å². The third-order valence-corrected chi connectivity index (χ3v) is 3.57. The van der Waals surface area contributed by atoms with Gasteiger partial charge < -0.3 is 4.74 Å². The Kier molecular flexibility index (Phi) is 2.78. The van der Waals surface area contributed by atoms with Gasteiger partial charge in [-0.1, -0.05) is 15.9 Å². The molecule has 0 bridgehead atoms. The predicted molar refractivity (Wildman–Crippen MR) is 64.1 cm³/mol. The molecular weight excluding hydrogens is 292 g/mol. The lowest BCUT2D eigenvalue weighted by Gasteiger charge is -2.26. The molecule has 1 aromatic rings. The van der Waals surface area contributed by atoms with E-state index in [-0.39, 0.29) is 12.3 Å². The Bertz CT molecular complexity index is 530. The van der Waals surface area contributed by atoms with E-state index in [1.54, 1.807) is 0 Å². The number of carbonyl (C=O) groups excluding carboxylic acids is 1. The number of hydrogen-bond acceptors (Lipinski definition) is 4. The van der Waals surface area contributed by atoms with Gasteiger partial charge in [-0.15, -0.1) is 0 Å². The molecule has 7 heteroatoms. The van der Waals surface area contributed by atoms with E-state index in [2.05, 4.69) is 15.9 Å². The average Bonchev–Trinajstić information content (AvgIpc) is 2.27. The van der Waals surface area contributed by atoms with E-state index >= 15 is 0 Å². The van der Waals surface area contributed by atoms with Crippen LogP contribution in [-0.2, 0) is 11.3 Å². The van der Waals surface area contributed by atoms with E-state index in [0.717, 1.165) is 10.5 Å². The highest BCUT2D eigenvalue weighted by Crippen LogP contribution is 2.40. The van der Waals surface area contributed by atoms with Crippen LogP contribution in [0.3, 0.4) is 0 Å². The molecule has 0 radical (unpaired) electrons. The minimum atomic E-state index is -0.581. The molecule has 6 nitrogen and oxygen atoms in total. The smallest absolute Gasteiger partial charge is 0.414 e. The van der Waals surface area contributed by atoms with Crippen LogP contribution in [0.2, 0.25) is 0 Å². The molecule has 1 aliphatic heterocycles. The molecule has 0 aromatic heterocycles. The second kappa shape index (κ2) is 3.99. The lowest BCUT2D eigenvalue weighted by molar-refractivity contribution is -0.384. The van der Waals surface area contributed by atoms with Crippen LogP contribution in [0.4, 0.5) is 16.2 Å². The van der Waals surface area contributed by atoms with Gasteiger partial charge in [-0.3, -0.25) is 15.0 Å². The van der Waals surface area contributed by atoms with E-state index in [1.807, 2.05) is 6.92 Å². The lowest BCUT2D eigenvalue weighted by atomic mass is 10.0. The third kappa shape index (κ3) is 1.76. The van der Waals surface area contributed by atoms with Gasteiger partial charge in [0.2, 0.25) is 0 Å². The van der Waals surface area contributed by atoms with E-state index in [1.165, 1.54) is 13.1 Å². The van der Waals surface area contributed by atoms with Gasteiger partial charge in [-0.25, -0.2) is 4.79 Å². The highest BCUT2D eigenvalue weighted by atomic mass is 79.9. The van der Waals surface area contributed by atoms with Crippen molar-refractivity contribution in [3.63, 3.8) is 0 Å². The maximum Gasteiger partial charge on any atom is 0.414 e. The number of rotatable bonds is 1. The summed E-state index contributed by atoms with van der Waals surface area (Å²) in [4.78, 5) is 23.1. The van der Waals surface area contributed by atoms with Crippen LogP contribution < -0.4 is 4.90 Å². The van der Waals surface area contributed by atoms with Crippen molar-refractivity contribution in [2.24, 2.45) is 0 Å². The fourth-order valence-electron chi connectivity index (χ4n) is 1.79. The Morgan fingerprint density at radius 2 is 2.24 bits per heavy atom. The number of amides is 1. The van der Waals surface area contributed by atoms with Crippen LogP contribution in [0.15, 0.2) is 10.5 Å². The van der Waals surface area contributed by atoms with Crippen molar-refractivity contribution < 1.29 is 14.5 Å². The molecule has 0 spiro atoms. The van der Waals surface area contributed by atoms with Crippen molar-refractivity contribution >= 4 is 33.4 Å². The van der Waals surface area contributed by atoms with Gasteiger partial charge in [0.1, 0.15) is 12.3 Å². The molecule has 1 aliphatic rings. The van der Waals surface area contributed by atoms with Gasteiger partial charge in [-0.2, -0.15) is 0 Å². The second-order valence-corrected chi connectivity index (χ2v) is 4.55.